The van der Waals surface area contributed by atoms with Crippen LogP contribution in [0.15, 0.2) is 54.2 Å². The molecule has 3 fully saturated rings. The van der Waals surface area contributed by atoms with Crippen molar-refractivity contribution in [3.8, 4) is 5.75 Å². The summed E-state index contributed by atoms with van der Waals surface area (Å²) < 4.78 is 21.5. The van der Waals surface area contributed by atoms with Gasteiger partial charge in [0.1, 0.15) is 28.9 Å². The average Bonchev–Trinajstić information content (AvgIpc) is 3.83. The van der Waals surface area contributed by atoms with Gasteiger partial charge in [-0.2, -0.15) is 5.10 Å². The molecule has 39 heavy (non-hydrogen) atoms. The van der Waals surface area contributed by atoms with Crippen LogP contribution in [0.3, 0.4) is 0 Å². The highest BCUT2D eigenvalue weighted by Crippen LogP contribution is 2.50. The first kappa shape index (κ1) is 26.9. The molecule has 2 saturated carbocycles. The van der Waals surface area contributed by atoms with Crippen molar-refractivity contribution in [2.75, 3.05) is 13.2 Å². The van der Waals surface area contributed by atoms with Crippen LogP contribution in [0.1, 0.15) is 83.6 Å². The second kappa shape index (κ2) is 9.64. The number of rotatable bonds is 8. The van der Waals surface area contributed by atoms with Gasteiger partial charge in [0.2, 0.25) is 0 Å². The molecule has 1 aromatic rings. The molecule has 0 aromatic carbocycles. The van der Waals surface area contributed by atoms with Crippen LogP contribution in [0.5, 0.6) is 5.75 Å². The van der Waals surface area contributed by atoms with Crippen molar-refractivity contribution in [2.24, 2.45) is 5.73 Å². The van der Waals surface area contributed by atoms with Crippen LogP contribution in [0.25, 0.3) is 0 Å². The molecule has 8 nitrogen and oxygen atoms in total. The molecule has 6 rings (SSSR count). The second-order valence-electron chi connectivity index (χ2n) is 13.4. The van der Waals surface area contributed by atoms with E-state index in [1.165, 1.54) is 12.8 Å². The molecule has 2 unspecified atom stereocenters. The zero-order valence-corrected chi connectivity index (χ0v) is 25.2. The van der Waals surface area contributed by atoms with E-state index in [9.17, 15) is 0 Å². The van der Waals surface area contributed by atoms with Crippen molar-refractivity contribution in [1.82, 2.24) is 20.0 Å². The van der Waals surface area contributed by atoms with Crippen molar-refractivity contribution in [2.45, 2.75) is 107 Å². The van der Waals surface area contributed by atoms with Crippen LogP contribution in [0, 0.1) is 0 Å². The molecule has 1 saturated heterocycles. The lowest BCUT2D eigenvalue weighted by Crippen LogP contribution is -2.54. The van der Waals surface area contributed by atoms with Crippen LogP contribution < -0.4 is 15.8 Å². The fourth-order valence-corrected chi connectivity index (χ4v) is 6.97. The van der Waals surface area contributed by atoms with E-state index in [4.69, 9.17) is 24.7 Å². The minimum Gasteiger partial charge on any atom is -0.454 e. The Hall–Kier alpha value is -2.33. The Kier molecular flexibility index (Phi) is 6.64. The maximum Gasteiger partial charge on any atom is 0.195 e. The Morgan fingerprint density at radius 1 is 1.15 bits per heavy atom. The first-order valence-corrected chi connectivity index (χ1v) is 17.6. The van der Waals surface area contributed by atoms with Crippen LogP contribution in [-0.4, -0.2) is 47.5 Å². The van der Waals surface area contributed by atoms with Crippen LogP contribution in [0.2, 0.25) is 18.1 Å². The van der Waals surface area contributed by atoms with E-state index in [0.29, 0.717) is 11.8 Å². The number of nitrogens with two attached hydrogens (primary N) is 1. The lowest BCUT2D eigenvalue weighted by Gasteiger charge is -2.44. The number of allylic oxidation sites excluding steroid dienone is 1. The summed E-state index contributed by atoms with van der Waals surface area (Å²) in [5.74, 6) is 1.48. The van der Waals surface area contributed by atoms with Gasteiger partial charge in [0.15, 0.2) is 14.1 Å². The van der Waals surface area contributed by atoms with E-state index >= 15 is 0 Å². The predicted octanol–water partition coefficient (Wildman–Crippen LogP) is 5.76. The van der Waals surface area contributed by atoms with E-state index < -0.39 is 14.0 Å². The van der Waals surface area contributed by atoms with Gasteiger partial charge in [0, 0.05) is 31.6 Å². The van der Waals surface area contributed by atoms with Gasteiger partial charge in [-0.1, -0.05) is 26.8 Å². The highest BCUT2D eigenvalue weighted by atomic mass is 28.4. The summed E-state index contributed by atoms with van der Waals surface area (Å²) in [4.78, 5) is 2.35. The maximum absolute atomic E-state index is 6.92. The third kappa shape index (κ3) is 5.38. The summed E-state index contributed by atoms with van der Waals surface area (Å²) in [6.45, 7) is 13.1. The quantitative estimate of drug-likeness (QED) is 0.397. The fraction of sp³-hybridized carbons (Fsp3) is 0.633. The number of ether oxygens (including phenoxy) is 2. The standard InChI is InChI=1S/C30H45N5O3Si/c1-28(2,3)39(4,5)38-29(14-15-29)34-17-12-22(13-18-34)30(31)20-24(11-16-32-30)37-26-21-35(23-9-10-23)33-27(26)25-8-6-7-19-36-25/h11-13,16-17,20-21,23,25,32H,6-10,14-15,18-19,31H2,1-5H3. The minimum atomic E-state index is -1.88. The lowest BCUT2D eigenvalue weighted by molar-refractivity contribution is 0.0107. The number of hydrogen-bond donors (Lipinski definition) is 2. The van der Waals surface area contributed by atoms with Gasteiger partial charge in [-0.3, -0.25) is 4.68 Å². The first-order valence-electron chi connectivity index (χ1n) is 14.7. The zero-order valence-electron chi connectivity index (χ0n) is 24.2. The van der Waals surface area contributed by atoms with Gasteiger partial charge < -0.3 is 29.9 Å². The average molecular weight is 552 g/mol. The summed E-state index contributed by atoms with van der Waals surface area (Å²) in [6.07, 6.45) is 22.0. The summed E-state index contributed by atoms with van der Waals surface area (Å²) in [5.41, 5.74) is 7.80. The predicted molar refractivity (Wildman–Crippen MR) is 155 cm³/mol. The number of hydrogen-bond acceptors (Lipinski definition) is 7. The van der Waals surface area contributed by atoms with Crippen LogP contribution in [0.4, 0.5) is 0 Å². The molecule has 2 aliphatic carbocycles. The highest BCUT2D eigenvalue weighted by molar-refractivity contribution is 6.74. The van der Waals surface area contributed by atoms with Gasteiger partial charge in [0.25, 0.3) is 0 Å². The van der Waals surface area contributed by atoms with Crippen molar-refractivity contribution < 1.29 is 13.9 Å². The van der Waals surface area contributed by atoms with E-state index in [1.54, 1.807) is 0 Å². The molecule has 4 heterocycles. The molecule has 212 valence electrons. The van der Waals surface area contributed by atoms with Gasteiger partial charge in [-0.25, -0.2) is 0 Å². The summed E-state index contributed by atoms with van der Waals surface area (Å²) in [5, 5.41) is 8.43. The number of dihydropyridines is 1. The minimum absolute atomic E-state index is 0.0130. The molecule has 5 aliphatic rings. The molecule has 0 radical (unpaired) electrons. The molecule has 9 heteroatoms. The molecular formula is C30H45N5O3Si. The van der Waals surface area contributed by atoms with E-state index in [-0.39, 0.29) is 16.9 Å². The zero-order chi connectivity index (χ0) is 27.5. The van der Waals surface area contributed by atoms with Crippen LogP contribution in [-0.2, 0) is 9.16 Å². The van der Waals surface area contributed by atoms with Gasteiger partial charge in [-0.05, 0) is 80.8 Å². The van der Waals surface area contributed by atoms with Crippen LogP contribution >= 0.6 is 0 Å². The first-order chi connectivity index (χ1) is 18.5. The van der Waals surface area contributed by atoms with Gasteiger partial charge in [-0.15, -0.1) is 0 Å². The Labute approximate surface area is 234 Å². The summed E-state index contributed by atoms with van der Waals surface area (Å²) in [7, 11) is -1.88. The largest absolute Gasteiger partial charge is 0.454 e. The molecule has 0 amide bonds. The van der Waals surface area contributed by atoms with Gasteiger partial charge in [0.05, 0.1) is 12.2 Å². The molecule has 0 bridgehead atoms. The highest BCUT2D eigenvalue weighted by Gasteiger charge is 2.54. The van der Waals surface area contributed by atoms with E-state index in [1.807, 2.05) is 24.5 Å². The topological polar surface area (TPSA) is 86.8 Å². The van der Waals surface area contributed by atoms with Crippen molar-refractivity contribution in [3.05, 3.63) is 59.9 Å². The number of nitrogens with one attached hydrogen (secondary N) is 1. The van der Waals surface area contributed by atoms with E-state index in [0.717, 1.165) is 62.3 Å². The Balaban J connectivity index is 1.17. The van der Waals surface area contributed by atoms with Crippen molar-refractivity contribution >= 4 is 8.32 Å². The molecule has 3 aliphatic heterocycles. The third-order valence-electron chi connectivity index (χ3n) is 9.17. The monoisotopic (exact) mass is 551 g/mol. The smallest absolute Gasteiger partial charge is 0.195 e. The molecule has 3 N–H and O–H groups in total. The molecule has 2 atom stereocenters. The summed E-state index contributed by atoms with van der Waals surface area (Å²) in [6, 6.07) is 0.478. The Morgan fingerprint density at radius 3 is 2.56 bits per heavy atom. The maximum atomic E-state index is 6.92. The number of aromatic nitrogens is 2. The Morgan fingerprint density at radius 2 is 1.95 bits per heavy atom. The fourth-order valence-electron chi connectivity index (χ4n) is 5.39. The Bertz CT molecular complexity index is 1210. The van der Waals surface area contributed by atoms with E-state index in [2.05, 4.69) is 67.1 Å². The molecule has 1 aromatic heterocycles. The normalized spacial score (nSPS) is 28.6. The second-order valence-corrected chi connectivity index (χ2v) is 18.1. The SMILES string of the molecule is CC(C)(C)[Si](C)(C)OC1(N2C=CC(C3(N)C=C(Oc4cn(C5CC5)nc4C4CCCCO4)C=CN3)=CC2)CC1. The molecule has 0 spiro atoms. The molecular weight excluding hydrogens is 506 g/mol. The third-order valence-corrected chi connectivity index (χ3v) is 13.7. The van der Waals surface area contributed by atoms with Gasteiger partial charge >= 0.3 is 0 Å². The van der Waals surface area contributed by atoms with Crippen molar-refractivity contribution in [1.29, 1.82) is 0 Å². The lowest BCUT2D eigenvalue weighted by atomic mass is 9.95. The number of nitrogens with zero attached hydrogens (tertiary/aromatic N) is 3. The van der Waals surface area contributed by atoms with Crippen molar-refractivity contribution in [3.63, 3.8) is 0 Å². The summed E-state index contributed by atoms with van der Waals surface area (Å²) >= 11 is 0.